The van der Waals surface area contributed by atoms with Crippen molar-refractivity contribution in [2.75, 3.05) is 12.4 Å². The molecule has 0 amide bonds. The largest absolute Gasteiger partial charge is 0.490 e. The fourth-order valence-electron chi connectivity index (χ4n) is 1.33. The molecular weight excluding hydrogens is 341 g/mol. The number of halogens is 3. The van der Waals surface area contributed by atoms with Crippen LogP contribution >= 0.6 is 39.1 Å². The standard InChI is InChI=1S/C11H8BrCl2N3O/c1-18-9-10(14)15-5-16-11(9)17-6-2-3-7(12)8(13)4-6/h2-5H,1H3,(H,15,16,17). The Kier molecular flexibility index (Phi) is 4.27. The lowest BCUT2D eigenvalue weighted by atomic mass is 10.3. The number of hydrogen-bond donors (Lipinski definition) is 1. The molecule has 7 heteroatoms. The van der Waals surface area contributed by atoms with E-state index in [4.69, 9.17) is 27.9 Å². The van der Waals surface area contributed by atoms with Crippen molar-refractivity contribution in [3.8, 4) is 5.75 Å². The van der Waals surface area contributed by atoms with Gasteiger partial charge in [0.25, 0.3) is 0 Å². The van der Waals surface area contributed by atoms with Crippen LogP contribution in [-0.4, -0.2) is 17.1 Å². The first-order chi connectivity index (χ1) is 8.61. The van der Waals surface area contributed by atoms with E-state index in [0.29, 0.717) is 16.6 Å². The molecule has 0 spiro atoms. The van der Waals surface area contributed by atoms with Crippen molar-refractivity contribution in [3.05, 3.63) is 39.2 Å². The van der Waals surface area contributed by atoms with Gasteiger partial charge in [-0.05, 0) is 34.1 Å². The van der Waals surface area contributed by atoms with Crippen LogP contribution in [0.1, 0.15) is 0 Å². The van der Waals surface area contributed by atoms with Crippen LogP contribution in [0.3, 0.4) is 0 Å². The summed E-state index contributed by atoms with van der Waals surface area (Å²) >= 11 is 15.2. The van der Waals surface area contributed by atoms with E-state index in [1.165, 1.54) is 13.4 Å². The number of rotatable bonds is 3. The maximum absolute atomic E-state index is 6.01. The molecule has 94 valence electrons. The Morgan fingerprint density at radius 2 is 2.06 bits per heavy atom. The summed E-state index contributed by atoms with van der Waals surface area (Å²) < 4.78 is 5.96. The van der Waals surface area contributed by atoms with Gasteiger partial charge in [0.2, 0.25) is 0 Å². The second-order valence-electron chi connectivity index (χ2n) is 3.30. The molecule has 0 bridgehead atoms. The summed E-state index contributed by atoms with van der Waals surface area (Å²) in [6.07, 6.45) is 1.35. The van der Waals surface area contributed by atoms with Crippen molar-refractivity contribution >= 4 is 50.6 Å². The van der Waals surface area contributed by atoms with Crippen molar-refractivity contribution in [1.82, 2.24) is 9.97 Å². The van der Waals surface area contributed by atoms with Crippen molar-refractivity contribution in [2.24, 2.45) is 0 Å². The van der Waals surface area contributed by atoms with Gasteiger partial charge in [-0.1, -0.05) is 23.2 Å². The van der Waals surface area contributed by atoms with Crippen LogP contribution < -0.4 is 10.1 Å². The fourth-order valence-corrected chi connectivity index (χ4v) is 1.97. The number of nitrogens with zero attached hydrogens (tertiary/aromatic N) is 2. The first kappa shape index (κ1) is 13.4. The molecule has 18 heavy (non-hydrogen) atoms. The molecule has 4 nitrogen and oxygen atoms in total. The molecule has 0 saturated carbocycles. The van der Waals surface area contributed by atoms with Crippen LogP contribution in [0, 0.1) is 0 Å². The molecule has 1 aromatic heterocycles. The minimum absolute atomic E-state index is 0.248. The van der Waals surface area contributed by atoms with E-state index in [9.17, 15) is 0 Å². The number of hydrogen-bond acceptors (Lipinski definition) is 4. The van der Waals surface area contributed by atoms with Gasteiger partial charge in [0, 0.05) is 10.2 Å². The van der Waals surface area contributed by atoms with Crippen LogP contribution in [0.2, 0.25) is 10.2 Å². The molecule has 1 N–H and O–H groups in total. The second kappa shape index (κ2) is 5.73. The lowest BCUT2D eigenvalue weighted by molar-refractivity contribution is 0.413. The Morgan fingerprint density at radius 1 is 1.28 bits per heavy atom. The highest BCUT2D eigenvalue weighted by Crippen LogP contribution is 2.32. The Hall–Kier alpha value is -1.04. The third-order valence-electron chi connectivity index (χ3n) is 2.15. The smallest absolute Gasteiger partial charge is 0.199 e. The molecule has 0 aliphatic rings. The van der Waals surface area contributed by atoms with E-state index in [-0.39, 0.29) is 5.15 Å². The number of benzene rings is 1. The number of ether oxygens (including phenoxy) is 1. The van der Waals surface area contributed by atoms with Gasteiger partial charge in [0.05, 0.1) is 12.1 Å². The minimum Gasteiger partial charge on any atom is -0.490 e. The predicted molar refractivity (Wildman–Crippen MR) is 76.0 cm³/mol. The van der Waals surface area contributed by atoms with Gasteiger partial charge in [-0.2, -0.15) is 0 Å². The molecule has 2 aromatic rings. The maximum atomic E-state index is 6.01. The van der Waals surface area contributed by atoms with Gasteiger partial charge in [-0.3, -0.25) is 0 Å². The monoisotopic (exact) mass is 347 g/mol. The zero-order valence-corrected chi connectivity index (χ0v) is 12.3. The molecule has 0 atom stereocenters. The first-order valence-electron chi connectivity index (χ1n) is 4.88. The van der Waals surface area contributed by atoms with Gasteiger partial charge in [0.1, 0.15) is 6.33 Å². The normalized spacial score (nSPS) is 10.2. The van der Waals surface area contributed by atoms with Crippen molar-refractivity contribution in [2.45, 2.75) is 0 Å². The number of aromatic nitrogens is 2. The number of anilines is 2. The summed E-state index contributed by atoms with van der Waals surface area (Å²) in [5, 5.41) is 3.91. The Bertz CT molecular complexity index is 580. The van der Waals surface area contributed by atoms with E-state index in [0.717, 1.165) is 10.2 Å². The van der Waals surface area contributed by atoms with Gasteiger partial charge < -0.3 is 10.1 Å². The summed E-state index contributed by atoms with van der Waals surface area (Å²) in [6, 6.07) is 5.45. The molecule has 0 aliphatic carbocycles. The Balaban J connectivity index is 2.34. The molecule has 0 fully saturated rings. The predicted octanol–water partition coefficient (Wildman–Crippen LogP) is 4.30. The second-order valence-corrected chi connectivity index (χ2v) is 4.92. The summed E-state index contributed by atoms with van der Waals surface area (Å²) in [7, 11) is 1.50. The van der Waals surface area contributed by atoms with E-state index in [1.54, 1.807) is 6.07 Å². The molecule has 0 unspecified atom stereocenters. The minimum atomic E-state index is 0.248. The summed E-state index contributed by atoms with van der Waals surface area (Å²) in [4.78, 5) is 7.91. The van der Waals surface area contributed by atoms with Crippen LogP contribution in [0.25, 0.3) is 0 Å². The summed E-state index contributed by atoms with van der Waals surface area (Å²) in [6.45, 7) is 0. The third kappa shape index (κ3) is 2.85. The molecular formula is C11H8BrCl2N3O. The van der Waals surface area contributed by atoms with Crippen LogP contribution in [-0.2, 0) is 0 Å². The molecule has 1 aromatic carbocycles. The zero-order chi connectivity index (χ0) is 13.1. The lowest BCUT2D eigenvalue weighted by Gasteiger charge is -2.10. The third-order valence-corrected chi connectivity index (χ3v) is 3.65. The molecule has 0 aliphatic heterocycles. The average molecular weight is 349 g/mol. The Labute approximate surface area is 122 Å². The average Bonchev–Trinajstić information content (AvgIpc) is 2.34. The van der Waals surface area contributed by atoms with Gasteiger partial charge in [0.15, 0.2) is 16.7 Å². The van der Waals surface area contributed by atoms with Crippen LogP contribution in [0.4, 0.5) is 11.5 Å². The highest BCUT2D eigenvalue weighted by molar-refractivity contribution is 9.10. The highest BCUT2D eigenvalue weighted by atomic mass is 79.9. The van der Waals surface area contributed by atoms with Crippen LogP contribution in [0.15, 0.2) is 29.0 Å². The van der Waals surface area contributed by atoms with Crippen molar-refractivity contribution in [1.29, 1.82) is 0 Å². The molecule has 2 rings (SSSR count). The summed E-state index contributed by atoms with van der Waals surface area (Å²) in [5.74, 6) is 0.870. The van der Waals surface area contributed by atoms with Crippen molar-refractivity contribution < 1.29 is 4.74 Å². The van der Waals surface area contributed by atoms with Gasteiger partial charge in [-0.15, -0.1) is 0 Å². The van der Waals surface area contributed by atoms with Crippen LogP contribution in [0.5, 0.6) is 5.75 Å². The fraction of sp³-hybridized carbons (Fsp3) is 0.0909. The molecule has 0 radical (unpaired) electrons. The van der Waals surface area contributed by atoms with E-state index in [2.05, 4.69) is 31.2 Å². The van der Waals surface area contributed by atoms with E-state index < -0.39 is 0 Å². The first-order valence-corrected chi connectivity index (χ1v) is 6.43. The number of nitrogens with one attached hydrogen (secondary N) is 1. The van der Waals surface area contributed by atoms with Crippen molar-refractivity contribution in [3.63, 3.8) is 0 Å². The van der Waals surface area contributed by atoms with E-state index in [1.807, 2.05) is 12.1 Å². The number of methoxy groups -OCH3 is 1. The highest BCUT2D eigenvalue weighted by Gasteiger charge is 2.10. The summed E-state index contributed by atoms with van der Waals surface area (Å²) in [5.41, 5.74) is 0.774. The topological polar surface area (TPSA) is 47.0 Å². The maximum Gasteiger partial charge on any atom is 0.199 e. The quantitative estimate of drug-likeness (QED) is 0.840. The zero-order valence-electron chi connectivity index (χ0n) is 9.25. The van der Waals surface area contributed by atoms with Gasteiger partial charge >= 0.3 is 0 Å². The Morgan fingerprint density at radius 3 is 2.72 bits per heavy atom. The molecule has 1 heterocycles. The lowest BCUT2D eigenvalue weighted by Crippen LogP contribution is -1.99. The van der Waals surface area contributed by atoms with Gasteiger partial charge in [-0.25, -0.2) is 9.97 Å². The van der Waals surface area contributed by atoms with E-state index >= 15 is 0 Å². The SMILES string of the molecule is COc1c(Cl)ncnc1Nc1ccc(Br)c(Cl)c1. The molecule has 0 saturated heterocycles.